The fraction of sp³-hybridized carbons (Fsp3) is 0.625. The Labute approximate surface area is 147 Å². The SMILES string of the molecule is CCOC(C)(OCC)[P@@](=O)(C[C@H](N)c1ccc(Br)cc1)OCC. The van der Waals surface area contributed by atoms with Gasteiger partial charge in [-0.05, 0) is 45.4 Å². The largest absolute Gasteiger partial charge is 0.342 e. The Hall–Kier alpha value is -0.230. The maximum atomic E-state index is 13.5. The van der Waals surface area contributed by atoms with E-state index >= 15 is 0 Å². The van der Waals surface area contributed by atoms with E-state index in [2.05, 4.69) is 15.9 Å². The molecule has 2 N–H and O–H groups in total. The number of benzene rings is 1. The minimum Gasteiger partial charge on any atom is -0.342 e. The van der Waals surface area contributed by atoms with Crippen LogP contribution in [0.2, 0.25) is 0 Å². The summed E-state index contributed by atoms with van der Waals surface area (Å²) in [6.07, 6.45) is 0.152. The van der Waals surface area contributed by atoms with Gasteiger partial charge in [-0.2, -0.15) is 0 Å². The van der Waals surface area contributed by atoms with Gasteiger partial charge in [-0.25, -0.2) is 0 Å². The van der Waals surface area contributed by atoms with Crippen LogP contribution in [-0.2, 0) is 18.6 Å². The minimum atomic E-state index is -3.29. The quantitative estimate of drug-likeness (QED) is 0.456. The zero-order valence-electron chi connectivity index (χ0n) is 14.3. The molecular formula is C16H27BrNO4P. The maximum absolute atomic E-state index is 13.5. The molecule has 1 aromatic rings. The molecule has 0 bridgehead atoms. The van der Waals surface area contributed by atoms with Crippen LogP contribution in [0.15, 0.2) is 28.7 Å². The Kier molecular flexibility index (Phi) is 8.42. The molecule has 0 spiro atoms. The van der Waals surface area contributed by atoms with Gasteiger partial charge in [-0.1, -0.05) is 28.1 Å². The summed E-state index contributed by atoms with van der Waals surface area (Å²) in [5.74, 6) is 0. The van der Waals surface area contributed by atoms with Gasteiger partial charge in [0, 0.05) is 29.9 Å². The van der Waals surface area contributed by atoms with Crippen LogP contribution in [0.3, 0.4) is 0 Å². The molecule has 2 atom stereocenters. The van der Waals surface area contributed by atoms with Gasteiger partial charge in [-0.15, -0.1) is 0 Å². The van der Waals surface area contributed by atoms with E-state index in [0.717, 1.165) is 10.0 Å². The van der Waals surface area contributed by atoms with Gasteiger partial charge in [0.2, 0.25) is 5.53 Å². The molecule has 0 radical (unpaired) electrons. The van der Waals surface area contributed by atoms with E-state index in [-0.39, 0.29) is 6.16 Å². The number of hydrogen-bond acceptors (Lipinski definition) is 5. The first-order chi connectivity index (χ1) is 10.8. The van der Waals surface area contributed by atoms with Crippen LogP contribution in [-0.4, -0.2) is 31.5 Å². The predicted octanol–water partition coefficient (Wildman–Crippen LogP) is 4.51. The highest BCUT2D eigenvalue weighted by Crippen LogP contribution is 2.61. The Morgan fingerprint density at radius 3 is 2.09 bits per heavy atom. The van der Waals surface area contributed by atoms with E-state index in [1.165, 1.54) is 0 Å². The van der Waals surface area contributed by atoms with Crippen molar-refractivity contribution < 1.29 is 18.6 Å². The molecule has 0 amide bonds. The number of nitrogens with two attached hydrogens (primary N) is 1. The van der Waals surface area contributed by atoms with Crippen molar-refractivity contribution in [1.29, 1.82) is 0 Å². The summed E-state index contributed by atoms with van der Waals surface area (Å²) in [7, 11) is -3.29. The van der Waals surface area contributed by atoms with Crippen molar-refractivity contribution in [3.8, 4) is 0 Å². The van der Waals surface area contributed by atoms with E-state index < -0.39 is 18.9 Å². The van der Waals surface area contributed by atoms with Crippen molar-refractivity contribution in [2.24, 2.45) is 5.73 Å². The third kappa shape index (κ3) is 5.38. The van der Waals surface area contributed by atoms with E-state index in [0.29, 0.717) is 19.8 Å². The molecule has 0 saturated carbocycles. The fourth-order valence-electron chi connectivity index (χ4n) is 2.39. The molecule has 0 saturated heterocycles. The summed E-state index contributed by atoms with van der Waals surface area (Å²) in [6, 6.07) is 7.20. The fourth-order valence-corrected chi connectivity index (χ4v) is 5.13. The predicted molar refractivity (Wildman–Crippen MR) is 96.8 cm³/mol. The normalized spacial score (nSPS) is 16.1. The average Bonchev–Trinajstić information content (AvgIpc) is 2.48. The Balaban J connectivity index is 3.07. The molecule has 0 aromatic heterocycles. The zero-order valence-corrected chi connectivity index (χ0v) is 16.7. The Morgan fingerprint density at radius 1 is 1.13 bits per heavy atom. The van der Waals surface area contributed by atoms with Crippen LogP contribution in [0.1, 0.15) is 39.3 Å². The third-order valence-electron chi connectivity index (χ3n) is 3.52. The molecule has 1 rings (SSSR count). The van der Waals surface area contributed by atoms with Gasteiger partial charge < -0.3 is 19.7 Å². The van der Waals surface area contributed by atoms with Gasteiger partial charge in [0.25, 0.3) is 7.37 Å². The van der Waals surface area contributed by atoms with Crippen molar-refractivity contribution >= 4 is 23.3 Å². The summed E-state index contributed by atoms with van der Waals surface area (Å²) < 4.78 is 31.4. The summed E-state index contributed by atoms with van der Waals surface area (Å²) in [4.78, 5) is 0. The van der Waals surface area contributed by atoms with Gasteiger partial charge in [-0.3, -0.25) is 4.57 Å². The Morgan fingerprint density at radius 2 is 1.65 bits per heavy atom. The molecule has 0 heterocycles. The molecule has 5 nitrogen and oxygen atoms in total. The first-order valence-corrected chi connectivity index (χ1v) is 10.4. The highest BCUT2D eigenvalue weighted by atomic mass is 79.9. The summed E-state index contributed by atoms with van der Waals surface area (Å²) in [5, 5.41) is 0. The van der Waals surface area contributed by atoms with Crippen molar-refractivity contribution in [1.82, 2.24) is 0 Å². The molecule has 1 aromatic carbocycles. The molecule has 0 aliphatic heterocycles. The van der Waals surface area contributed by atoms with Crippen LogP contribution >= 0.6 is 23.3 Å². The second kappa shape index (κ2) is 9.30. The van der Waals surface area contributed by atoms with Gasteiger partial charge in [0.15, 0.2) is 0 Å². The first kappa shape index (κ1) is 20.8. The van der Waals surface area contributed by atoms with E-state index in [4.69, 9.17) is 19.7 Å². The lowest BCUT2D eigenvalue weighted by molar-refractivity contribution is -0.168. The molecule has 0 aliphatic rings. The summed E-state index contributed by atoms with van der Waals surface area (Å²) in [6.45, 7) is 8.20. The summed E-state index contributed by atoms with van der Waals surface area (Å²) >= 11 is 3.39. The molecule has 7 heteroatoms. The Bertz CT molecular complexity index is 517. The highest BCUT2D eigenvalue weighted by Gasteiger charge is 2.48. The van der Waals surface area contributed by atoms with Crippen LogP contribution in [0, 0.1) is 0 Å². The van der Waals surface area contributed by atoms with E-state index in [1.54, 1.807) is 13.8 Å². The lowest BCUT2D eigenvalue weighted by Crippen LogP contribution is -2.36. The van der Waals surface area contributed by atoms with Gasteiger partial charge >= 0.3 is 0 Å². The molecule has 132 valence electrons. The zero-order chi connectivity index (χ0) is 17.5. The second-order valence-electron chi connectivity index (χ2n) is 5.20. The third-order valence-corrected chi connectivity index (χ3v) is 7.09. The number of hydrogen-bond donors (Lipinski definition) is 1. The maximum Gasteiger partial charge on any atom is 0.262 e. The lowest BCUT2D eigenvalue weighted by Gasteiger charge is -2.37. The van der Waals surface area contributed by atoms with Crippen LogP contribution in [0.5, 0.6) is 0 Å². The van der Waals surface area contributed by atoms with E-state index in [9.17, 15) is 4.57 Å². The van der Waals surface area contributed by atoms with Gasteiger partial charge in [0.1, 0.15) is 0 Å². The average molecular weight is 408 g/mol. The number of halogens is 1. The highest BCUT2D eigenvalue weighted by molar-refractivity contribution is 9.10. The number of ether oxygens (including phenoxy) is 2. The van der Waals surface area contributed by atoms with Crippen molar-refractivity contribution in [2.75, 3.05) is 26.0 Å². The topological polar surface area (TPSA) is 70.8 Å². The van der Waals surface area contributed by atoms with Crippen LogP contribution in [0.4, 0.5) is 0 Å². The monoisotopic (exact) mass is 407 g/mol. The second-order valence-corrected chi connectivity index (χ2v) is 8.89. The van der Waals surface area contributed by atoms with Gasteiger partial charge in [0.05, 0.1) is 6.61 Å². The smallest absolute Gasteiger partial charge is 0.262 e. The molecule has 23 heavy (non-hydrogen) atoms. The molecule has 0 aliphatic carbocycles. The molecular weight excluding hydrogens is 381 g/mol. The summed E-state index contributed by atoms with van der Waals surface area (Å²) in [5.41, 5.74) is 5.87. The van der Waals surface area contributed by atoms with Crippen molar-refractivity contribution in [3.05, 3.63) is 34.3 Å². The van der Waals surface area contributed by atoms with Crippen molar-refractivity contribution in [3.63, 3.8) is 0 Å². The molecule has 0 unspecified atom stereocenters. The lowest BCUT2D eigenvalue weighted by atomic mass is 10.1. The molecule has 0 fully saturated rings. The van der Waals surface area contributed by atoms with Crippen molar-refractivity contribution in [2.45, 2.75) is 39.3 Å². The number of rotatable bonds is 10. The standard InChI is InChI=1S/C16H27BrNO4P/c1-5-20-16(4,21-6-2)23(19,22-7-3)12-15(18)13-8-10-14(17)11-9-13/h8-11,15H,5-7,12,18H2,1-4H3/t15-,23+/m0/s1. The minimum absolute atomic E-state index is 0.152. The first-order valence-electron chi connectivity index (χ1n) is 7.84. The van der Waals surface area contributed by atoms with Crippen LogP contribution < -0.4 is 5.73 Å². The van der Waals surface area contributed by atoms with E-state index in [1.807, 2.05) is 38.1 Å². The van der Waals surface area contributed by atoms with Crippen LogP contribution in [0.25, 0.3) is 0 Å².